The Morgan fingerprint density at radius 2 is 1.87 bits per heavy atom. The predicted molar refractivity (Wildman–Crippen MR) is 91.7 cm³/mol. The average Bonchev–Trinajstić information content (AvgIpc) is 2.56. The molecule has 0 bridgehead atoms. The molecule has 122 valence electrons. The van der Waals surface area contributed by atoms with Gasteiger partial charge in [-0.25, -0.2) is 0 Å². The van der Waals surface area contributed by atoms with Crippen molar-refractivity contribution in [1.82, 2.24) is 19.9 Å². The summed E-state index contributed by atoms with van der Waals surface area (Å²) in [6.45, 7) is 5.91. The van der Waals surface area contributed by atoms with E-state index in [1.807, 2.05) is 18.2 Å². The first-order chi connectivity index (χ1) is 11.2. The van der Waals surface area contributed by atoms with Crippen molar-refractivity contribution in [3.8, 4) is 0 Å². The molecule has 1 aliphatic rings. The Kier molecular flexibility index (Phi) is 5.02. The predicted octanol–water partition coefficient (Wildman–Crippen LogP) is 2.30. The van der Waals surface area contributed by atoms with Crippen LogP contribution in [0.5, 0.6) is 0 Å². The van der Waals surface area contributed by atoms with Crippen molar-refractivity contribution in [1.29, 1.82) is 0 Å². The molecule has 0 saturated carbocycles. The molecule has 0 atom stereocenters. The second-order valence-electron chi connectivity index (χ2n) is 6.23. The van der Waals surface area contributed by atoms with E-state index in [-0.39, 0.29) is 5.95 Å². The summed E-state index contributed by atoms with van der Waals surface area (Å²) in [7, 11) is 0. The molecular formula is C17H24N6. The minimum absolute atomic E-state index is 0.274. The van der Waals surface area contributed by atoms with Crippen LogP contribution in [0.15, 0.2) is 30.3 Å². The van der Waals surface area contributed by atoms with Crippen LogP contribution in [0, 0.1) is 5.92 Å². The molecule has 2 aromatic rings. The monoisotopic (exact) mass is 312 g/mol. The number of nitrogens with two attached hydrogens (primary N) is 1. The van der Waals surface area contributed by atoms with E-state index < -0.39 is 0 Å². The fraction of sp³-hybridized carbons (Fsp3) is 0.471. The van der Waals surface area contributed by atoms with Crippen LogP contribution in [0.1, 0.15) is 31.2 Å². The van der Waals surface area contributed by atoms with Gasteiger partial charge in [0.25, 0.3) is 0 Å². The third kappa shape index (κ3) is 4.63. The molecule has 6 nitrogen and oxygen atoms in total. The number of rotatable bonds is 5. The van der Waals surface area contributed by atoms with Crippen LogP contribution in [0.4, 0.5) is 11.9 Å². The van der Waals surface area contributed by atoms with E-state index >= 15 is 0 Å². The van der Waals surface area contributed by atoms with Gasteiger partial charge in [-0.05, 0) is 37.4 Å². The molecular weight excluding hydrogens is 288 g/mol. The smallest absolute Gasteiger partial charge is 0.228 e. The van der Waals surface area contributed by atoms with Gasteiger partial charge in [0.15, 0.2) is 0 Å². The van der Waals surface area contributed by atoms with Gasteiger partial charge in [-0.15, -0.1) is 0 Å². The van der Waals surface area contributed by atoms with E-state index in [1.165, 1.54) is 18.4 Å². The fourth-order valence-corrected chi connectivity index (χ4v) is 2.78. The second kappa shape index (κ2) is 7.37. The van der Waals surface area contributed by atoms with Crippen LogP contribution in [0.25, 0.3) is 0 Å². The number of nitrogen functional groups attached to an aromatic ring is 1. The number of nitrogens with one attached hydrogen (secondary N) is 1. The lowest BCUT2D eigenvalue weighted by atomic mass is 9.99. The van der Waals surface area contributed by atoms with Gasteiger partial charge >= 0.3 is 0 Å². The van der Waals surface area contributed by atoms with Crippen molar-refractivity contribution in [2.45, 2.75) is 32.9 Å². The standard InChI is InChI=1S/C17H24N6/c1-13-7-9-23(10-8-13)12-15-20-16(18)22-17(21-15)19-11-14-5-3-2-4-6-14/h2-6,13H,7-12H2,1H3,(H3,18,19,20,21,22). The third-order valence-corrected chi connectivity index (χ3v) is 4.23. The van der Waals surface area contributed by atoms with Gasteiger partial charge in [-0.1, -0.05) is 37.3 Å². The lowest BCUT2D eigenvalue weighted by molar-refractivity contribution is 0.181. The maximum Gasteiger partial charge on any atom is 0.228 e. The first-order valence-corrected chi connectivity index (χ1v) is 8.19. The molecule has 6 heteroatoms. The minimum atomic E-state index is 0.274. The molecule has 1 saturated heterocycles. The van der Waals surface area contributed by atoms with Crippen molar-refractivity contribution >= 4 is 11.9 Å². The van der Waals surface area contributed by atoms with E-state index in [4.69, 9.17) is 5.73 Å². The molecule has 1 aromatic carbocycles. The van der Waals surface area contributed by atoms with E-state index in [9.17, 15) is 0 Å². The van der Waals surface area contributed by atoms with Gasteiger partial charge in [0.05, 0.1) is 6.54 Å². The van der Waals surface area contributed by atoms with Crippen molar-refractivity contribution in [2.24, 2.45) is 5.92 Å². The maximum atomic E-state index is 5.83. The number of piperidine rings is 1. The van der Waals surface area contributed by atoms with Crippen LogP contribution in [0.2, 0.25) is 0 Å². The molecule has 0 unspecified atom stereocenters. The first-order valence-electron chi connectivity index (χ1n) is 8.19. The quantitative estimate of drug-likeness (QED) is 0.882. The minimum Gasteiger partial charge on any atom is -0.368 e. The van der Waals surface area contributed by atoms with Crippen LogP contribution in [-0.2, 0) is 13.1 Å². The Labute approximate surface area is 137 Å². The van der Waals surface area contributed by atoms with Crippen LogP contribution in [0.3, 0.4) is 0 Å². The summed E-state index contributed by atoms with van der Waals surface area (Å²) in [5, 5.41) is 3.23. The number of hydrogen-bond donors (Lipinski definition) is 2. The second-order valence-corrected chi connectivity index (χ2v) is 6.23. The SMILES string of the molecule is CC1CCN(Cc2nc(N)nc(NCc3ccccc3)n2)CC1. The normalized spacial score (nSPS) is 16.4. The molecule has 1 aliphatic heterocycles. The van der Waals surface area contributed by atoms with Gasteiger partial charge in [0, 0.05) is 6.54 Å². The third-order valence-electron chi connectivity index (χ3n) is 4.23. The fourth-order valence-electron chi connectivity index (χ4n) is 2.78. The van der Waals surface area contributed by atoms with Crippen LogP contribution < -0.4 is 11.1 Å². The number of hydrogen-bond acceptors (Lipinski definition) is 6. The maximum absolute atomic E-state index is 5.83. The topological polar surface area (TPSA) is 80.0 Å². The Morgan fingerprint density at radius 3 is 2.61 bits per heavy atom. The molecule has 2 heterocycles. The summed E-state index contributed by atoms with van der Waals surface area (Å²) in [6, 6.07) is 10.2. The van der Waals surface area contributed by atoms with Crippen molar-refractivity contribution in [3.63, 3.8) is 0 Å². The summed E-state index contributed by atoms with van der Waals surface area (Å²) in [5.41, 5.74) is 7.01. The highest BCUT2D eigenvalue weighted by atomic mass is 15.2. The highest BCUT2D eigenvalue weighted by molar-refractivity contribution is 5.32. The summed E-state index contributed by atoms with van der Waals surface area (Å²) in [6.07, 6.45) is 2.47. The number of benzene rings is 1. The Bertz CT molecular complexity index is 622. The van der Waals surface area contributed by atoms with E-state index in [2.05, 4.69) is 44.2 Å². The zero-order chi connectivity index (χ0) is 16.1. The Balaban J connectivity index is 1.62. The van der Waals surface area contributed by atoms with E-state index in [1.54, 1.807) is 0 Å². The highest BCUT2D eigenvalue weighted by Crippen LogP contribution is 2.17. The zero-order valence-electron chi connectivity index (χ0n) is 13.6. The number of nitrogens with zero attached hydrogens (tertiary/aromatic N) is 4. The highest BCUT2D eigenvalue weighted by Gasteiger charge is 2.17. The molecule has 23 heavy (non-hydrogen) atoms. The summed E-state index contributed by atoms with van der Waals surface area (Å²) in [4.78, 5) is 15.3. The largest absolute Gasteiger partial charge is 0.368 e. The van der Waals surface area contributed by atoms with Crippen LogP contribution >= 0.6 is 0 Å². The number of likely N-dealkylation sites (tertiary alicyclic amines) is 1. The molecule has 3 rings (SSSR count). The van der Waals surface area contributed by atoms with Gasteiger partial charge in [-0.3, -0.25) is 4.90 Å². The molecule has 0 amide bonds. The van der Waals surface area contributed by atoms with Gasteiger partial charge < -0.3 is 11.1 Å². The van der Waals surface area contributed by atoms with Crippen molar-refractivity contribution < 1.29 is 0 Å². The number of anilines is 2. The first kappa shape index (κ1) is 15.7. The zero-order valence-corrected chi connectivity index (χ0v) is 13.6. The molecule has 1 fully saturated rings. The van der Waals surface area contributed by atoms with E-state index in [0.29, 0.717) is 12.5 Å². The molecule has 0 spiro atoms. The molecule has 0 aliphatic carbocycles. The van der Waals surface area contributed by atoms with Gasteiger partial charge in [0.1, 0.15) is 5.82 Å². The molecule has 3 N–H and O–H groups in total. The average molecular weight is 312 g/mol. The van der Waals surface area contributed by atoms with Crippen molar-refractivity contribution in [3.05, 3.63) is 41.7 Å². The van der Waals surface area contributed by atoms with Crippen molar-refractivity contribution in [2.75, 3.05) is 24.1 Å². The summed E-state index contributed by atoms with van der Waals surface area (Å²) >= 11 is 0. The Hall–Kier alpha value is -2.21. The Morgan fingerprint density at radius 1 is 1.13 bits per heavy atom. The molecule has 1 aromatic heterocycles. The summed E-state index contributed by atoms with van der Waals surface area (Å²) < 4.78 is 0. The van der Waals surface area contributed by atoms with E-state index in [0.717, 1.165) is 31.4 Å². The van der Waals surface area contributed by atoms with Gasteiger partial charge in [0.2, 0.25) is 11.9 Å². The lowest BCUT2D eigenvalue weighted by Crippen LogP contribution is -2.33. The van der Waals surface area contributed by atoms with Crippen LogP contribution in [-0.4, -0.2) is 32.9 Å². The lowest BCUT2D eigenvalue weighted by Gasteiger charge is -2.29. The number of aromatic nitrogens is 3. The summed E-state index contributed by atoms with van der Waals surface area (Å²) in [5.74, 6) is 2.37. The molecule has 0 radical (unpaired) electrons. The van der Waals surface area contributed by atoms with Gasteiger partial charge in [-0.2, -0.15) is 15.0 Å².